The molecule has 2 atom stereocenters. The summed E-state index contributed by atoms with van der Waals surface area (Å²) in [6.07, 6.45) is 4.84. The van der Waals surface area contributed by atoms with E-state index in [9.17, 15) is 9.59 Å². The first kappa shape index (κ1) is 15.8. The maximum Gasteiger partial charge on any atom is 0.326 e. The fourth-order valence-electron chi connectivity index (χ4n) is 2.16. The number of carboxylic acid groups (broad SMARTS) is 1. The van der Waals surface area contributed by atoms with Crippen molar-refractivity contribution < 1.29 is 14.7 Å². The van der Waals surface area contributed by atoms with Crippen molar-refractivity contribution in [3.63, 3.8) is 0 Å². The second-order valence-electron chi connectivity index (χ2n) is 5.92. The molecule has 0 spiro atoms. The third-order valence-corrected chi connectivity index (χ3v) is 3.45. The monoisotopic (exact) mass is 270 g/mol. The average molecular weight is 270 g/mol. The Morgan fingerprint density at radius 2 is 1.89 bits per heavy atom. The van der Waals surface area contributed by atoms with Gasteiger partial charge in [0.2, 0.25) is 0 Å². The molecule has 1 saturated carbocycles. The second kappa shape index (κ2) is 7.36. The molecule has 0 aromatic heterocycles. The number of carbonyl (C=O) groups excluding carboxylic acids is 1. The van der Waals surface area contributed by atoms with E-state index in [-0.39, 0.29) is 18.0 Å². The van der Waals surface area contributed by atoms with Crippen molar-refractivity contribution in [2.24, 2.45) is 11.8 Å². The Bertz CT molecular complexity index is 314. The Hall–Kier alpha value is -1.26. The molecule has 0 aliphatic heterocycles. The second-order valence-corrected chi connectivity index (χ2v) is 5.92. The maximum atomic E-state index is 11.8. The van der Waals surface area contributed by atoms with Crippen molar-refractivity contribution in [3.8, 4) is 0 Å². The minimum Gasteiger partial charge on any atom is -0.480 e. The van der Waals surface area contributed by atoms with E-state index >= 15 is 0 Å². The first-order valence-corrected chi connectivity index (χ1v) is 7.22. The summed E-state index contributed by atoms with van der Waals surface area (Å²) in [5.74, 6) is 0.00473. The van der Waals surface area contributed by atoms with E-state index < -0.39 is 12.0 Å². The zero-order valence-electron chi connectivity index (χ0n) is 12.1. The molecule has 1 aliphatic carbocycles. The number of aliphatic carboxylic acids is 1. The Morgan fingerprint density at radius 1 is 1.26 bits per heavy atom. The van der Waals surface area contributed by atoms with Crippen LogP contribution in [0.3, 0.4) is 0 Å². The average Bonchev–Trinajstić information content (AvgIpc) is 3.10. The van der Waals surface area contributed by atoms with Crippen LogP contribution < -0.4 is 10.6 Å². The molecule has 1 unspecified atom stereocenters. The molecule has 19 heavy (non-hydrogen) atoms. The molecule has 5 nitrogen and oxygen atoms in total. The van der Waals surface area contributed by atoms with Gasteiger partial charge in [0, 0.05) is 6.04 Å². The molecule has 5 heteroatoms. The van der Waals surface area contributed by atoms with Gasteiger partial charge in [0.25, 0.3) is 0 Å². The fraction of sp³-hybridized carbons (Fsp3) is 0.857. The smallest absolute Gasteiger partial charge is 0.326 e. The molecule has 110 valence electrons. The number of urea groups is 1. The number of hydrogen-bond donors (Lipinski definition) is 3. The molecule has 3 N–H and O–H groups in total. The first-order chi connectivity index (χ1) is 8.92. The standard InChI is InChI=1S/C14H26N2O3/c1-4-11(8-10-5-6-10)15-14(19)16-12(13(17)18)7-9(2)3/h9-12H,4-8H2,1-3H3,(H,17,18)(H2,15,16,19)/t11?,12-/m0/s1. The van der Waals surface area contributed by atoms with Crippen LogP contribution in [-0.4, -0.2) is 29.2 Å². The van der Waals surface area contributed by atoms with E-state index in [1.807, 2.05) is 20.8 Å². The highest BCUT2D eigenvalue weighted by Gasteiger charge is 2.26. The quantitative estimate of drug-likeness (QED) is 0.633. The third-order valence-electron chi connectivity index (χ3n) is 3.45. The summed E-state index contributed by atoms with van der Waals surface area (Å²) in [6, 6.07) is -1.01. The van der Waals surface area contributed by atoms with Gasteiger partial charge in [-0.3, -0.25) is 0 Å². The van der Waals surface area contributed by atoms with Crippen LogP contribution in [-0.2, 0) is 4.79 Å². The van der Waals surface area contributed by atoms with E-state index in [4.69, 9.17) is 5.11 Å². The van der Waals surface area contributed by atoms with Gasteiger partial charge >= 0.3 is 12.0 Å². The molecule has 0 saturated heterocycles. The van der Waals surface area contributed by atoms with Crippen molar-refractivity contribution in [1.82, 2.24) is 10.6 Å². The molecule has 1 aliphatic rings. The van der Waals surface area contributed by atoms with Crippen molar-refractivity contribution in [1.29, 1.82) is 0 Å². The van der Waals surface area contributed by atoms with Crippen LogP contribution in [0.15, 0.2) is 0 Å². The Balaban J connectivity index is 2.39. The van der Waals surface area contributed by atoms with Crippen LogP contribution in [0.5, 0.6) is 0 Å². The van der Waals surface area contributed by atoms with E-state index in [2.05, 4.69) is 10.6 Å². The highest BCUT2D eigenvalue weighted by molar-refractivity contribution is 5.82. The van der Waals surface area contributed by atoms with Gasteiger partial charge in [-0.15, -0.1) is 0 Å². The number of carbonyl (C=O) groups is 2. The molecule has 2 amide bonds. The summed E-state index contributed by atoms with van der Waals surface area (Å²) >= 11 is 0. The van der Waals surface area contributed by atoms with Crippen LogP contribution in [0.25, 0.3) is 0 Å². The van der Waals surface area contributed by atoms with Crippen molar-refractivity contribution in [2.75, 3.05) is 0 Å². The molecule has 1 rings (SSSR count). The lowest BCUT2D eigenvalue weighted by atomic mass is 10.0. The summed E-state index contributed by atoms with van der Waals surface area (Å²) in [4.78, 5) is 22.9. The molecular formula is C14H26N2O3. The van der Waals surface area contributed by atoms with Crippen molar-refractivity contribution in [2.45, 2.75) is 65.0 Å². The van der Waals surface area contributed by atoms with Gasteiger partial charge in [-0.05, 0) is 31.1 Å². The summed E-state index contributed by atoms with van der Waals surface area (Å²) in [5, 5.41) is 14.5. The molecule has 0 bridgehead atoms. The molecule has 0 radical (unpaired) electrons. The largest absolute Gasteiger partial charge is 0.480 e. The van der Waals surface area contributed by atoms with Gasteiger partial charge in [-0.2, -0.15) is 0 Å². The molecular weight excluding hydrogens is 244 g/mol. The first-order valence-electron chi connectivity index (χ1n) is 7.22. The number of hydrogen-bond acceptors (Lipinski definition) is 2. The Morgan fingerprint density at radius 3 is 2.32 bits per heavy atom. The summed E-state index contributed by atoms with van der Waals surface area (Å²) in [7, 11) is 0. The lowest BCUT2D eigenvalue weighted by Gasteiger charge is -2.21. The predicted octanol–water partition coefficient (Wildman–Crippen LogP) is 2.36. The molecule has 0 aromatic carbocycles. The van der Waals surface area contributed by atoms with Gasteiger partial charge in [0.15, 0.2) is 0 Å². The third kappa shape index (κ3) is 6.45. The van der Waals surface area contributed by atoms with E-state index in [0.717, 1.165) is 18.8 Å². The number of nitrogens with one attached hydrogen (secondary N) is 2. The molecule has 0 aromatic rings. The summed E-state index contributed by atoms with van der Waals surface area (Å²) in [5.41, 5.74) is 0. The zero-order valence-corrected chi connectivity index (χ0v) is 12.1. The van der Waals surface area contributed by atoms with E-state index in [0.29, 0.717) is 6.42 Å². The SMILES string of the molecule is CCC(CC1CC1)NC(=O)N[C@@H](CC(C)C)C(=O)O. The zero-order chi connectivity index (χ0) is 14.4. The molecule has 0 heterocycles. The summed E-state index contributed by atoms with van der Waals surface area (Å²) < 4.78 is 0. The van der Waals surface area contributed by atoms with Crippen molar-refractivity contribution in [3.05, 3.63) is 0 Å². The Kier molecular flexibility index (Phi) is 6.12. The van der Waals surface area contributed by atoms with Crippen LogP contribution in [0.1, 0.15) is 52.9 Å². The summed E-state index contributed by atoms with van der Waals surface area (Å²) in [6.45, 7) is 5.92. The van der Waals surface area contributed by atoms with Crippen LogP contribution in [0.4, 0.5) is 4.79 Å². The minimum absolute atomic E-state index is 0.154. The van der Waals surface area contributed by atoms with Gasteiger partial charge in [0.1, 0.15) is 6.04 Å². The topological polar surface area (TPSA) is 78.4 Å². The lowest BCUT2D eigenvalue weighted by molar-refractivity contribution is -0.139. The van der Waals surface area contributed by atoms with E-state index in [1.54, 1.807) is 0 Å². The van der Waals surface area contributed by atoms with Gasteiger partial charge < -0.3 is 15.7 Å². The number of rotatable bonds is 8. The fourth-order valence-corrected chi connectivity index (χ4v) is 2.16. The molecule has 1 fully saturated rings. The van der Waals surface area contributed by atoms with Gasteiger partial charge in [0.05, 0.1) is 0 Å². The number of amides is 2. The van der Waals surface area contributed by atoms with E-state index in [1.165, 1.54) is 12.8 Å². The lowest BCUT2D eigenvalue weighted by Crippen LogP contribution is -2.49. The van der Waals surface area contributed by atoms with Crippen molar-refractivity contribution >= 4 is 12.0 Å². The highest BCUT2D eigenvalue weighted by Crippen LogP contribution is 2.33. The maximum absolute atomic E-state index is 11.8. The van der Waals surface area contributed by atoms with Gasteiger partial charge in [-0.1, -0.05) is 33.6 Å². The van der Waals surface area contributed by atoms with Crippen LogP contribution >= 0.6 is 0 Å². The normalized spacial score (nSPS) is 17.9. The Labute approximate surface area is 115 Å². The highest BCUT2D eigenvalue weighted by atomic mass is 16.4. The predicted molar refractivity (Wildman–Crippen MR) is 74.0 cm³/mol. The van der Waals surface area contributed by atoms with Crippen LogP contribution in [0, 0.1) is 11.8 Å². The number of carboxylic acids is 1. The van der Waals surface area contributed by atoms with Gasteiger partial charge in [-0.25, -0.2) is 9.59 Å². The minimum atomic E-state index is -0.973. The van der Waals surface area contributed by atoms with Crippen LogP contribution in [0.2, 0.25) is 0 Å².